The van der Waals surface area contributed by atoms with E-state index < -0.39 is 5.60 Å². The average Bonchev–Trinajstić information content (AvgIpc) is 3.17. The Labute approximate surface area is 213 Å². The van der Waals surface area contributed by atoms with E-state index in [0.717, 1.165) is 49.7 Å². The summed E-state index contributed by atoms with van der Waals surface area (Å²) < 4.78 is 0. The molecule has 5 atom stereocenters. The first-order valence-electron chi connectivity index (χ1n) is 13.4. The number of hydrogen-bond acceptors (Lipinski definition) is 4. The Morgan fingerprint density at radius 2 is 1.92 bits per heavy atom. The molecule has 0 spiro atoms. The Balaban J connectivity index is 1.47. The molecule has 4 aliphatic carbocycles. The van der Waals surface area contributed by atoms with Crippen LogP contribution in [0.15, 0.2) is 83.7 Å². The fourth-order valence-corrected chi connectivity index (χ4v) is 7.96. The van der Waals surface area contributed by atoms with Crippen LogP contribution in [-0.2, 0) is 4.79 Å². The van der Waals surface area contributed by atoms with Crippen molar-refractivity contribution in [1.29, 1.82) is 0 Å². The van der Waals surface area contributed by atoms with Gasteiger partial charge in [0.1, 0.15) is 0 Å². The van der Waals surface area contributed by atoms with Crippen LogP contribution in [0.3, 0.4) is 0 Å². The maximum atomic E-state index is 12.3. The number of pyridine rings is 1. The minimum atomic E-state index is -0.914. The zero-order valence-corrected chi connectivity index (χ0v) is 21.0. The van der Waals surface area contributed by atoms with Gasteiger partial charge in [-0.3, -0.25) is 9.78 Å². The van der Waals surface area contributed by atoms with Crippen molar-refractivity contribution in [3.8, 4) is 11.1 Å². The van der Waals surface area contributed by atoms with Crippen LogP contribution in [0, 0.1) is 17.3 Å². The van der Waals surface area contributed by atoms with Crippen LogP contribution >= 0.6 is 0 Å². The summed E-state index contributed by atoms with van der Waals surface area (Å²) in [7, 11) is 0. The summed E-state index contributed by atoms with van der Waals surface area (Å²) in [4.78, 5) is 16.5. The third-order valence-electron chi connectivity index (χ3n) is 9.76. The molecule has 4 heteroatoms. The normalized spacial score (nSPS) is 33.8. The summed E-state index contributed by atoms with van der Waals surface area (Å²) in [6.45, 7) is 2.23. The minimum Gasteiger partial charge on any atom is -0.392 e. The molecule has 2 aromatic rings. The second-order valence-corrected chi connectivity index (χ2v) is 11.4. The van der Waals surface area contributed by atoms with Gasteiger partial charge in [-0.05, 0) is 90.3 Å². The number of aliphatic hydroxyl groups is 2. The quantitative estimate of drug-likeness (QED) is 0.531. The number of carbonyl (C=O) groups is 1. The number of aliphatic hydroxyl groups excluding tert-OH is 1. The van der Waals surface area contributed by atoms with Crippen molar-refractivity contribution in [1.82, 2.24) is 4.98 Å². The van der Waals surface area contributed by atoms with Crippen LogP contribution in [-0.4, -0.2) is 33.2 Å². The van der Waals surface area contributed by atoms with E-state index in [1.165, 1.54) is 22.3 Å². The Kier molecular flexibility index (Phi) is 5.85. The van der Waals surface area contributed by atoms with Gasteiger partial charge in [0, 0.05) is 30.1 Å². The predicted molar refractivity (Wildman–Crippen MR) is 141 cm³/mol. The lowest BCUT2D eigenvalue weighted by atomic mass is 9.51. The van der Waals surface area contributed by atoms with E-state index in [9.17, 15) is 15.0 Å². The molecule has 4 aliphatic rings. The van der Waals surface area contributed by atoms with Crippen molar-refractivity contribution in [2.45, 2.75) is 63.4 Å². The van der Waals surface area contributed by atoms with Gasteiger partial charge in [0.2, 0.25) is 0 Å². The molecule has 0 bridgehead atoms. The average molecular weight is 482 g/mol. The lowest BCUT2D eigenvalue weighted by Crippen LogP contribution is -2.50. The number of ketones is 1. The zero-order valence-electron chi connectivity index (χ0n) is 21.0. The lowest BCUT2D eigenvalue weighted by Gasteiger charge is -2.54. The number of nitrogens with zero attached hydrogens (tertiary/aromatic N) is 1. The van der Waals surface area contributed by atoms with Gasteiger partial charge in [-0.2, -0.15) is 0 Å². The Morgan fingerprint density at radius 1 is 1.08 bits per heavy atom. The number of fused-ring (bicyclic) bond motifs is 4. The summed E-state index contributed by atoms with van der Waals surface area (Å²) in [5, 5.41) is 21.4. The number of carbonyl (C=O) groups excluding carboxylic acids is 1. The van der Waals surface area contributed by atoms with Gasteiger partial charge in [0.05, 0.1) is 12.2 Å². The fraction of sp³-hybridized carbons (Fsp3) is 0.438. The highest BCUT2D eigenvalue weighted by molar-refractivity contribution is 5.93. The van der Waals surface area contributed by atoms with Crippen LogP contribution in [0.2, 0.25) is 0 Å². The molecule has 0 saturated heterocycles. The molecular weight excluding hydrogens is 446 g/mol. The van der Waals surface area contributed by atoms with E-state index in [-0.39, 0.29) is 23.7 Å². The molecule has 1 aromatic heterocycles. The van der Waals surface area contributed by atoms with E-state index in [2.05, 4.69) is 42.2 Å². The molecular formula is C32H35NO3. The predicted octanol–water partition coefficient (Wildman–Crippen LogP) is 5.93. The van der Waals surface area contributed by atoms with E-state index in [4.69, 9.17) is 0 Å². The number of rotatable bonds is 4. The van der Waals surface area contributed by atoms with Crippen LogP contribution < -0.4 is 0 Å². The molecule has 0 aliphatic heterocycles. The minimum absolute atomic E-state index is 0.0524. The van der Waals surface area contributed by atoms with Crippen molar-refractivity contribution < 1.29 is 15.0 Å². The maximum absolute atomic E-state index is 12.3. The Bertz CT molecular complexity index is 1260. The molecule has 2 N–H and O–H groups in total. The van der Waals surface area contributed by atoms with Gasteiger partial charge >= 0.3 is 0 Å². The zero-order chi connectivity index (χ0) is 24.9. The fourth-order valence-electron chi connectivity index (χ4n) is 7.96. The largest absolute Gasteiger partial charge is 0.392 e. The van der Waals surface area contributed by atoms with Crippen molar-refractivity contribution in [2.24, 2.45) is 17.3 Å². The van der Waals surface area contributed by atoms with E-state index in [1.807, 2.05) is 24.4 Å². The third-order valence-corrected chi connectivity index (χ3v) is 9.76. The maximum Gasteiger partial charge on any atom is 0.156 e. The van der Waals surface area contributed by atoms with Gasteiger partial charge in [-0.25, -0.2) is 0 Å². The van der Waals surface area contributed by atoms with Crippen molar-refractivity contribution in [3.05, 3.63) is 89.3 Å². The topological polar surface area (TPSA) is 70.4 Å². The molecule has 2 fully saturated rings. The molecule has 1 aromatic carbocycles. The molecule has 4 nitrogen and oxygen atoms in total. The van der Waals surface area contributed by atoms with Crippen LogP contribution in [0.1, 0.15) is 63.4 Å². The first-order chi connectivity index (χ1) is 17.4. The first kappa shape index (κ1) is 23.6. The van der Waals surface area contributed by atoms with Crippen molar-refractivity contribution in [2.75, 3.05) is 6.61 Å². The van der Waals surface area contributed by atoms with Crippen molar-refractivity contribution in [3.63, 3.8) is 0 Å². The van der Waals surface area contributed by atoms with Crippen LogP contribution in [0.4, 0.5) is 0 Å². The molecule has 0 radical (unpaired) electrons. The lowest BCUT2D eigenvalue weighted by molar-refractivity contribution is -0.114. The van der Waals surface area contributed by atoms with E-state index in [1.54, 1.807) is 12.3 Å². The number of aromatic nitrogens is 1. The van der Waals surface area contributed by atoms with E-state index >= 15 is 0 Å². The van der Waals surface area contributed by atoms with Gasteiger partial charge < -0.3 is 10.2 Å². The van der Waals surface area contributed by atoms with Crippen LogP contribution in [0.25, 0.3) is 11.1 Å². The molecule has 1 heterocycles. The summed E-state index contributed by atoms with van der Waals surface area (Å²) in [6, 6.07) is 12.9. The highest BCUT2D eigenvalue weighted by Gasteiger charge is 2.61. The summed E-state index contributed by atoms with van der Waals surface area (Å²) in [5.41, 5.74) is 6.57. The van der Waals surface area contributed by atoms with Gasteiger partial charge in [-0.1, -0.05) is 55.0 Å². The van der Waals surface area contributed by atoms with Crippen molar-refractivity contribution >= 4 is 5.78 Å². The standard InChI is InChI=1S/C32H35NO3/c1-31-19-28(22-7-5-21(6-8-22)24-4-2-16-33-20-24)30-26-12-10-25(35)18-23(26)9-11-27(30)29(31)13-15-32(31,36)14-3-17-34/h2-8,14,16,18,20,27-29,34,36H,9-13,15,17,19H2,1H3/b14-3-/t27-,28+,29+,31-,32+/m0/s1. The third kappa shape index (κ3) is 3.65. The molecule has 6 rings (SSSR count). The highest BCUT2D eigenvalue weighted by atomic mass is 16.3. The van der Waals surface area contributed by atoms with E-state index in [0.29, 0.717) is 18.3 Å². The number of hydrogen-bond donors (Lipinski definition) is 2. The monoisotopic (exact) mass is 481 g/mol. The Hall–Kier alpha value is -2.82. The van der Waals surface area contributed by atoms with Crippen LogP contribution in [0.5, 0.6) is 0 Å². The Morgan fingerprint density at radius 3 is 2.67 bits per heavy atom. The summed E-state index contributed by atoms with van der Waals surface area (Å²) in [6.07, 6.45) is 15.2. The molecule has 0 unspecified atom stereocenters. The number of benzene rings is 1. The van der Waals surface area contributed by atoms with Gasteiger partial charge in [-0.15, -0.1) is 0 Å². The summed E-state index contributed by atoms with van der Waals surface area (Å²) >= 11 is 0. The molecule has 186 valence electrons. The van der Waals surface area contributed by atoms with Gasteiger partial charge in [0.25, 0.3) is 0 Å². The molecule has 36 heavy (non-hydrogen) atoms. The molecule has 0 amide bonds. The first-order valence-corrected chi connectivity index (χ1v) is 13.4. The SMILES string of the molecule is C[C@]12C[C@H](c3ccc(-c4cccnc4)cc3)C3=C4CCC(=O)C=C4CC[C@H]3[C@H]1CC[C@]2(O)/C=C\CO. The highest BCUT2D eigenvalue weighted by Crippen LogP contribution is 2.67. The summed E-state index contributed by atoms with van der Waals surface area (Å²) in [5.74, 6) is 1.29. The van der Waals surface area contributed by atoms with Gasteiger partial charge in [0.15, 0.2) is 5.78 Å². The second-order valence-electron chi connectivity index (χ2n) is 11.4. The number of allylic oxidation sites excluding steroid dienone is 4. The smallest absolute Gasteiger partial charge is 0.156 e. The second kappa shape index (κ2) is 8.93. The molecule has 2 saturated carbocycles.